The Labute approximate surface area is 136 Å². The minimum absolute atomic E-state index is 0.110. The van der Waals surface area contributed by atoms with Gasteiger partial charge < -0.3 is 0 Å². The molecule has 112 valence electrons. The lowest BCUT2D eigenvalue weighted by molar-refractivity contribution is -0.138. The molecule has 0 saturated heterocycles. The number of hydrogen-bond acceptors (Lipinski definition) is 0. The molecule has 0 heterocycles. The van der Waals surface area contributed by atoms with Crippen LogP contribution in [0.1, 0.15) is 22.1 Å². The Morgan fingerprint density at radius 2 is 1.67 bits per heavy atom. The molecule has 0 aliphatic carbocycles. The fraction of sp³-hybridized carbons (Fsp3) is 0.143. The van der Waals surface area contributed by atoms with E-state index < -0.39 is 22.9 Å². The van der Waals surface area contributed by atoms with E-state index in [0.717, 1.165) is 12.1 Å². The smallest absolute Gasteiger partial charge is 0.207 e. The first-order chi connectivity index (χ1) is 9.71. The Morgan fingerprint density at radius 3 is 2.29 bits per heavy atom. The van der Waals surface area contributed by atoms with Crippen LogP contribution in [0.3, 0.4) is 0 Å². The van der Waals surface area contributed by atoms with Crippen LogP contribution >= 0.6 is 39.1 Å². The van der Waals surface area contributed by atoms with Gasteiger partial charge in [0.1, 0.15) is 5.82 Å². The molecule has 0 aromatic heterocycles. The first kappa shape index (κ1) is 16.6. The lowest BCUT2D eigenvalue weighted by Gasteiger charge is -2.18. The monoisotopic (exact) mass is 400 g/mol. The Kier molecular flexibility index (Phi) is 4.85. The molecular weight excluding hydrogens is 395 g/mol. The Bertz CT molecular complexity index is 671. The summed E-state index contributed by atoms with van der Waals surface area (Å²) in [7, 11) is 0. The predicted octanol–water partition coefficient (Wildman–Crippen LogP) is 6.59. The summed E-state index contributed by atoms with van der Waals surface area (Å²) in [5.41, 5.74) is -1.23. The summed E-state index contributed by atoms with van der Waals surface area (Å²) < 4.78 is 53.2. The van der Waals surface area contributed by atoms with Crippen LogP contribution < -0.4 is 0 Å². The number of halogens is 7. The third-order valence-electron chi connectivity index (χ3n) is 2.85. The van der Waals surface area contributed by atoms with Gasteiger partial charge in [0, 0.05) is 10.0 Å². The van der Waals surface area contributed by atoms with Crippen LogP contribution in [0.15, 0.2) is 40.9 Å². The summed E-state index contributed by atoms with van der Waals surface area (Å²) in [6.45, 7) is 0. The summed E-state index contributed by atoms with van der Waals surface area (Å²) in [5, 5.41) is -1.13. The third kappa shape index (κ3) is 3.52. The van der Waals surface area contributed by atoms with Crippen molar-refractivity contribution in [2.45, 2.75) is 11.6 Å². The summed E-state index contributed by atoms with van der Waals surface area (Å²) in [6.07, 6.45) is -4.57. The molecule has 21 heavy (non-hydrogen) atoms. The SMILES string of the molecule is Fc1cc(Br)c(Cl)cc1C(Cl)c1ccccc1C(F)(F)F. The van der Waals surface area contributed by atoms with Gasteiger partial charge in [0.2, 0.25) is 0 Å². The third-order valence-corrected chi connectivity index (χ3v) is 4.52. The fourth-order valence-electron chi connectivity index (χ4n) is 1.88. The molecule has 2 aromatic carbocycles. The highest BCUT2D eigenvalue weighted by Gasteiger charge is 2.35. The van der Waals surface area contributed by atoms with Gasteiger partial charge in [0.15, 0.2) is 0 Å². The molecule has 0 bridgehead atoms. The van der Waals surface area contributed by atoms with E-state index >= 15 is 0 Å². The van der Waals surface area contributed by atoms with Crippen LogP contribution in [-0.2, 0) is 6.18 Å². The molecule has 0 aliphatic rings. The molecule has 0 spiro atoms. The van der Waals surface area contributed by atoms with Crippen molar-refractivity contribution in [3.05, 3.63) is 68.4 Å². The van der Waals surface area contributed by atoms with E-state index in [0.29, 0.717) is 4.47 Å². The highest BCUT2D eigenvalue weighted by molar-refractivity contribution is 9.10. The summed E-state index contributed by atoms with van der Waals surface area (Å²) >= 11 is 14.9. The minimum Gasteiger partial charge on any atom is -0.207 e. The second kappa shape index (κ2) is 6.15. The van der Waals surface area contributed by atoms with Crippen molar-refractivity contribution < 1.29 is 17.6 Å². The summed E-state index contributed by atoms with van der Waals surface area (Å²) in [4.78, 5) is 0. The zero-order valence-corrected chi connectivity index (χ0v) is 13.3. The van der Waals surface area contributed by atoms with Crippen LogP contribution in [-0.4, -0.2) is 0 Å². The Hall–Kier alpha value is -0.780. The van der Waals surface area contributed by atoms with Gasteiger partial charge in [-0.05, 0) is 39.7 Å². The van der Waals surface area contributed by atoms with Crippen LogP contribution in [0.2, 0.25) is 5.02 Å². The van der Waals surface area contributed by atoms with E-state index in [1.54, 1.807) is 0 Å². The second-order valence-corrected chi connectivity index (χ2v) is 5.93. The first-order valence-corrected chi connectivity index (χ1v) is 7.27. The van der Waals surface area contributed by atoms with Crippen LogP contribution in [0, 0.1) is 5.82 Å². The normalized spacial score (nSPS) is 13.3. The van der Waals surface area contributed by atoms with E-state index in [2.05, 4.69) is 15.9 Å². The van der Waals surface area contributed by atoms with E-state index in [-0.39, 0.29) is 16.1 Å². The molecule has 2 aromatic rings. The predicted molar refractivity (Wildman–Crippen MR) is 78.3 cm³/mol. The summed E-state index contributed by atoms with van der Waals surface area (Å²) in [6, 6.07) is 7.08. The quantitative estimate of drug-likeness (QED) is 0.302. The Balaban J connectivity index is 2.56. The van der Waals surface area contributed by atoms with Crippen molar-refractivity contribution >= 4 is 39.1 Å². The van der Waals surface area contributed by atoms with Gasteiger partial charge in [-0.2, -0.15) is 13.2 Å². The molecule has 0 aliphatic heterocycles. The van der Waals surface area contributed by atoms with Crippen molar-refractivity contribution in [1.29, 1.82) is 0 Å². The molecule has 0 nitrogen and oxygen atoms in total. The van der Waals surface area contributed by atoms with E-state index in [1.807, 2.05) is 0 Å². The summed E-state index contributed by atoms with van der Waals surface area (Å²) in [5.74, 6) is -0.733. The van der Waals surface area contributed by atoms with Crippen molar-refractivity contribution in [2.75, 3.05) is 0 Å². The van der Waals surface area contributed by atoms with Crippen molar-refractivity contribution in [3.8, 4) is 0 Å². The molecule has 0 N–H and O–H groups in total. The molecule has 1 atom stereocenters. The van der Waals surface area contributed by atoms with Gasteiger partial charge in [-0.3, -0.25) is 0 Å². The largest absolute Gasteiger partial charge is 0.416 e. The average Bonchev–Trinajstić information content (AvgIpc) is 2.41. The highest BCUT2D eigenvalue weighted by Crippen LogP contribution is 2.41. The topological polar surface area (TPSA) is 0 Å². The molecular formula is C14H7BrCl2F4. The van der Waals surface area contributed by atoms with Gasteiger partial charge in [0.25, 0.3) is 0 Å². The van der Waals surface area contributed by atoms with Crippen molar-refractivity contribution in [1.82, 2.24) is 0 Å². The molecule has 0 amide bonds. The van der Waals surface area contributed by atoms with Gasteiger partial charge in [-0.25, -0.2) is 4.39 Å². The number of hydrogen-bond donors (Lipinski definition) is 0. The lowest BCUT2D eigenvalue weighted by Crippen LogP contribution is -2.11. The maximum absolute atomic E-state index is 13.9. The molecule has 1 unspecified atom stereocenters. The molecule has 0 fully saturated rings. The highest BCUT2D eigenvalue weighted by atomic mass is 79.9. The fourth-order valence-corrected chi connectivity index (χ4v) is 2.72. The van der Waals surface area contributed by atoms with Crippen LogP contribution in [0.4, 0.5) is 17.6 Å². The lowest BCUT2D eigenvalue weighted by atomic mass is 9.98. The van der Waals surface area contributed by atoms with Crippen LogP contribution in [0.25, 0.3) is 0 Å². The number of rotatable bonds is 2. The van der Waals surface area contributed by atoms with Crippen molar-refractivity contribution in [3.63, 3.8) is 0 Å². The minimum atomic E-state index is -4.57. The van der Waals surface area contributed by atoms with E-state index in [4.69, 9.17) is 23.2 Å². The zero-order chi connectivity index (χ0) is 15.8. The van der Waals surface area contributed by atoms with E-state index in [1.165, 1.54) is 24.3 Å². The van der Waals surface area contributed by atoms with Gasteiger partial charge in [-0.15, -0.1) is 11.6 Å². The number of alkyl halides is 4. The van der Waals surface area contributed by atoms with Crippen LogP contribution in [0.5, 0.6) is 0 Å². The van der Waals surface area contributed by atoms with Gasteiger partial charge in [-0.1, -0.05) is 29.8 Å². The van der Waals surface area contributed by atoms with Gasteiger partial charge >= 0.3 is 6.18 Å². The molecule has 2 rings (SSSR count). The molecule has 0 radical (unpaired) electrons. The zero-order valence-electron chi connectivity index (χ0n) is 10.2. The first-order valence-electron chi connectivity index (χ1n) is 5.66. The second-order valence-electron chi connectivity index (χ2n) is 4.24. The Morgan fingerprint density at radius 1 is 1.05 bits per heavy atom. The average molecular weight is 402 g/mol. The van der Waals surface area contributed by atoms with Crippen molar-refractivity contribution in [2.24, 2.45) is 0 Å². The molecule has 7 heteroatoms. The number of benzene rings is 2. The standard InChI is InChI=1S/C14H7BrCl2F4/c15-10-6-12(18)8(5-11(10)16)13(17)7-3-1-2-4-9(7)14(19,20)21/h1-6,13H. The maximum Gasteiger partial charge on any atom is 0.416 e. The maximum atomic E-state index is 13.9. The van der Waals surface area contributed by atoms with Gasteiger partial charge in [0.05, 0.1) is 16.0 Å². The van der Waals surface area contributed by atoms with E-state index in [9.17, 15) is 17.6 Å². The molecule has 0 saturated carbocycles.